The quantitative estimate of drug-likeness (QED) is 0.894. The second-order valence-corrected chi connectivity index (χ2v) is 5.75. The molecule has 2 aromatic carbocycles. The Labute approximate surface area is 132 Å². The summed E-state index contributed by atoms with van der Waals surface area (Å²) in [5.74, 6) is -0.799. The van der Waals surface area contributed by atoms with Gasteiger partial charge in [0.25, 0.3) is 0 Å². The molecule has 3 rings (SSSR count). The van der Waals surface area contributed by atoms with Gasteiger partial charge in [-0.2, -0.15) is 0 Å². The Balaban J connectivity index is 1.88. The SMILES string of the molecule is O=C(O)c1ccc(-c2cc(NC(=O)C3CC3)ccc2Cl)cc1. The van der Waals surface area contributed by atoms with Gasteiger partial charge in [0.1, 0.15) is 0 Å². The van der Waals surface area contributed by atoms with Crippen molar-refractivity contribution in [3.63, 3.8) is 0 Å². The topological polar surface area (TPSA) is 66.4 Å². The number of amides is 1. The molecule has 0 radical (unpaired) electrons. The average molecular weight is 316 g/mol. The first-order chi connectivity index (χ1) is 10.5. The summed E-state index contributed by atoms with van der Waals surface area (Å²) >= 11 is 6.22. The van der Waals surface area contributed by atoms with E-state index in [1.165, 1.54) is 12.1 Å². The minimum absolute atomic E-state index is 0.0366. The van der Waals surface area contributed by atoms with Gasteiger partial charge in [-0.3, -0.25) is 4.79 Å². The van der Waals surface area contributed by atoms with Crippen molar-refractivity contribution in [1.82, 2.24) is 0 Å². The number of carboxylic acid groups (broad SMARTS) is 1. The third-order valence-electron chi connectivity index (χ3n) is 3.62. The molecule has 0 spiro atoms. The summed E-state index contributed by atoms with van der Waals surface area (Å²) in [7, 11) is 0. The van der Waals surface area contributed by atoms with Crippen molar-refractivity contribution < 1.29 is 14.7 Å². The zero-order chi connectivity index (χ0) is 15.7. The van der Waals surface area contributed by atoms with Gasteiger partial charge in [-0.05, 0) is 48.7 Å². The maximum atomic E-state index is 11.8. The van der Waals surface area contributed by atoms with E-state index in [1.54, 1.807) is 30.3 Å². The van der Waals surface area contributed by atoms with E-state index in [-0.39, 0.29) is 17.4 Å². The van der Waals surface area contributed by atoms with Crippen molar-refractivity contribution in [2.45, 2.75) is 12.8 Å². The molecular formula is C17H14ClNO3. The molecule has 1 aliphatic carbocycles. The lowest BCUT2D eigenvalue weighted by atomic mass is 10.0. The fourth-order valence-electron chi connectivity index (χ4n) is 2.21. The monoisotopic (exact) mass is 315 g/mol. The van der Waals surface area contributed by atoms with Crippen LogP contribution >= 0.6 is 11.6 Å². The number of anilines is 1. The molecule has 22 heavy (non-hydrogen) atoms. The summed E-state index contributed by atoms with van der Waals surface area (Å²) in [5, 5.41) is 12.4. The van der Waals surface area contributed by atoms with Crippen LogP contribution in [0.1, 0.15) is 23.2 Å². The lowest BCUT2D eigenvalue weighted by Gasteiger charge is -2.09. The van der Waals surface area contributed by atoms with Gasteiger partial charge in [-0.1, -0.05) is 23.7 Å². The number of hydrogen-bond donors (Lipinski definition) is 2. The standard InChI is InChI=1S/C17H14ClNO3/c18-15-8-7-13(19-16(20)11-3-4-11)9-14(15)10-1-5-12(6-2-10)17(21)22/h1-2,5-9,11H,3-4H2,(H,19,20)(H,21,22). The maximum absolute atomic E-state index is 11.8. The van der Waals surface area contributed by atoms with Crippen molar-refractivity contribution in [2.75, 3.05) is 5.32 Å². The van der Waals surface area contributed by atoms with Gasteiger partial charge >= 0.3 is 5.97 Å². The van der Waals surface area contributed by atoms with Crippen LogP contribution in [0.3, 0.4) is 0 Å². The molecule has 5 heteroatoms. The molecule has 1 saturated carbocycles. The molecule has 2 N–H and O–H groups in total. The van der Waals surface area contributed by atoms with Crippen LogP contribution in [0.5, 0.6) is 0 Å². The molecule has 2 aromatic rings. The normalized spacial score (nSPS) is 13.7. The fourth-order valence-corrected chi connectivity index (χ4v) is 2.43. The summed E-state index contributed by atoms with van der Waals surface area (Å²) in [4.78, 5) is 22.7. The number of carboxylic acids is 1. The molecule has 1 aliphatic rings. The van der Waals surface area contributed by atoms with Gasteiger partial charge in [-0.15, -0.1) is 0 Å². The third kappa shape index (κ3) is 3.12. The van der Waals surface area contributed by atoms with Gasteiger partial charge in [0.15, 0.2) is 0 Å². The van der Waals surface area contributed by atoms with Crippen molar-refractivity contribution in [2.24, 2.45) is 5.92 Å². The molecule has 0 bridgehead atoms. The van der Waals surface area contributed by atoms with Crippen LogP contribution in [0.25, 0.3) is 11.1 Å². The maximum Gasteiger partial charge on any atom is 0.335 e. The third-order valence-corrected chi connectivity index (χ3v) is 3.95. The van der Waals surface area contributed by atoms with Crippen LogP contribution in [0.4, 0.5) is 5.69 Å². The Hall–Kier alpha value is -2.33. The predicted molar refractivity (Wildman–Crippen MR) is 85.2 cm³/mol. The molecule has 0 aromatic heterocycles. The highest BCUT2D eigenvalue weighted by Crippen LogP contribution is 2.33. The number of hydrogen-bond acceptors (Lipinski definition) is 2. The molecule has 1 fully saturated rings. The predicted octanol–water partition coefficient (Wildman–Crippen LogP) is 4.05. The van der Waals surface area contributed by atoms with Crippen LogP contribution in [0.15, 0.2) is 42.5 Å². The Bertz CT molecular complexity index is 736. The Kier molecular flexibility index (Phi) is 3.86. The number of halogens is 1. The van der Waals surface area contributed by atoms with E-state index in [0.717, 1.165) is 24.0 Å². The van der Waals surface area contributed by atoms with Gasteiger partial charge < -0.3 is 10.4 Å². The van der Waals surface area contributed by atoms with Crippen LogP contribution in [-0.4, -0.2) is 17.0 Å². The van der Waals surface area contributed by atoms with Crippen molar-refractivity contribution in [3.05, 3.63) is 53.1 Å². The largest absolute Gasteiger partial charge is 0.478 e. The number of aromatic carboxylic acids is 1. The van der Waals surface area contributed by atoms with E-state index in [2.05, 4.69) is 5.32 Å². The van der Waals surface area contributed by atoms with E-state index < -0.39 is 5.97 Å². The highest BCUT2D eigenvalue weighted by molar-refractivity contribution is 6.33. The molecule has 112 valence electrons. The van der Waals surface area contributed by atoms with Crippen molar-refractivity contribution in [1.29, 1.82) is 0 Å². The number of carbonyl (C=O) groups is 2. The Morgan fingerprint density at radius 2 is 1.77 bits per heavy atom. The minimum Gasteiger partial charge on any atom is -0.478 e. The van der Waals surface area contributed by atoms with E-state index in [9.17, 15) is 9.59 Å². The van der Waals surface area contributed by atoms with Crippen LogP contribution in [0.2, 0.25) is 5.02 Å². The summed E-state index contributed by atoms with van der Waals surface area (Å²) in [6.07, 6.45) is 1.89. The van der Waals surface area contributed by atoms with Crippen LogP contribution < -0.4 is 5.32 Å². The fraction of sp³-hybridized carbons (Fsp3) is 0.176. The van der Waals surface area contributed by atoms with Crippen molar-refractivity contribution in [3.8, 4) is 11.1 Å². The van der Waals surface area contributed by atoms with Gasteiger partial charge in [0.05, 0.1) is 5.56 Å². The summed E-state index contributed by atoms with van der Waals surface area (Å²) in [6.45, 7) is 0. The second-order valence-electron chi connectivity index (χ2n) is 5.34. The van der Waals surface area contributed by atoms with Gasteiger partial charge in [0.2, 0.25) is 5.91 Å². The zero-order valence-electron chi connectivity index (χ0n) is 11.7. The molecule has 0 unspecified atom stereocenters. The van der Waals surface area contributed by atoms with Crippen molar-refractivity contribution >= 4 is 29.2 Å². The minimum atomic E-state index is -0.969. The molecule has 0 aliphatic heterocycles. The van der Waals surface area contributed by atoms with Gasteiger partial charge in [0, 0.05) is 22.2 Å². The lowest BCUT2D eigenvalue weighted by Crippen LogP contribution is -2.13. The highest BCUT2D eigenvalue weighted by Gasteiger charge is 2.29. The smallest absolute Gasteiger partial charge is 0.335 e. The average Bonchev–Trinajstić information content (AvgIpc) is 3.34. The van der Waals surface area contributed by atoms with E-state index in [1.807, 2.05) is 0 Å². The summed E-state index contributed by atoms with van der Waals surface area (Å²) < 4.78 is 0. The molecule has 1 amide bonds. The summed E-state index contributed by atoms with van der Waals surface area (Å²) in [6, 6.07) is 11.8. The molecular weight excluding hydrogens is 302 g/mol. The number of nitrogens with one attached hydrogen (secondary N) is 1. The zero-order valence-corrected chi connectivity index (χ0v) is 12.4. The highest BCUT2D eigenvalue weighted by atomic mass is 35.5. The number of carbonyl (C=O) groups excluding carboxylic acids is 1. The Morgan fingerprint density at radius 3 is 2.36 bits per heavy atom. The Morgan fingerprint density at radius 1 is 1.09 bits per heavy atom. The molecule has 0 heterocycles. The lowest BCUT2D eigenvalue weighted by molar-refractivity contribution is -0.117. The molecule has 0 saturated heterocycles. The first-order valence-corrected chi connectivity index (χ1v) is 7.36. The summed E-state index contributed by atoms with van der Waals surface area (Å²) in [5.41, 5.74) is 2.47. The first-order valence-electron chi connectivity index (χ1n) is 6.99. The first kappa shape index (κ1) is 14.6. The van der Waals surface area contributed by atoms with E-state index >= 15 is 0 Å². The molecule has 0 atom stereocenters. The number of rotatable bonds is 4. The van der Waals surface area contributed by atoms with Crippen LogP contribution in [-0.2, 0) is 4.79 Å². The molecule has 4 nitrogen and oxygen atoms in total. The second kappa shape index (κ2) is 5.81. The number of benzene rings is 2. The van der Waals surface area contributed by atoms with E-state index in [0.29, 0.717) is 10.7 Å². The van der Waals surface area contributed by atoms with Gasteiger partial charge in [-0.25, -0.2) is 4.79 Å². The van der Waals surface area contributed by atoms with Crippen LogP contribution in [0, 0.1) is 5.92 Å². The van der Waals surface area contributed by atoms with E-state index in [4.69, 9.17) is 16.7 Å².